The van der Waals surface area contributed by atoms with Crippen LogP contribution >= 0.6 is 0 Å². The van der Waals surface area contributed by atoms with Crippen molar-refractivity contribution in [3.8, 4) is 0 Å². The molecule has 0 unspecified atom stereocenters. The molecular weight excluding hydrogens is 184 g/mol. The van der Waals surface area contributed by atoms with Crippen molar-refractivity contribution in [3.05, 3.63) is 42.0 Å². The molecule has 2 heteroatoms. The summed E-state index contributed by atoms with van der Waals surface area (Å²) in [5.74, 6) is 0. The van der Waals surface area contributed by atoms with Gasteiger partial charge in [-0.25, -0.2) is 0 Å². The summed E-state index contributed by atoms with van der Waals surface area (Å²) in [6.07, 6.45) is 0. The summed E-state index contributed by atoms with van der Waals surface area (Å²) in [5, 5.41) is 0. The lowest BCUT2D eigenvalue weighted by Crippen LogP contribution is -2.19. The fourth-order valence-electron chi connectivity index (χ4n) is 1.53. The molecule has 1 atom stereocenters. The molecule has 2 N–H and O–H groups in total. The predicted octanol–water partition coefficient (Wildman–Crippen LogP) is 2.72. The lowest BCUT2D eigenvalue weighted by Gasteiger charge is -2.19. The molecule has 0 aliphatic heterocycles. The van der Waals surface area contributed by atoms with Crippen LogP contribution in [0.5, 0.6) is 0 Å². The highest BCUT2D eigenvalue weighted by Gasteiger charge is 2.02. The van der Waals surface area contributed by atoms with Gasteiger partial charge in [0.15, 0.2) is 0 Å². The van der Waals surface area contributed by atoms with Crippen molar-refractivity contribution in [2.24, 2.45) is 5.73 Å². The van der Waals surface area contributed by atoms with E-state index in [2.05, 4.69) is 42.8 Å². The van der Waals surface area contributed by atoms with Crippen molar-refractivity contribution < 1.29 is 0 Å². The Morgan fingerprint density at radius 3 is 2.33 bits per heavy atom. The van der Waals surface area contributed by atoms with E-state index < -0.39 is 0 Å². The highest BCUT2D eigenvalue weighted by atomic mass is 15.1. The van der Waals surface area contributed by atoms with Crippen molar-refractivity contribution in [3.63, 3.8) is 0 Å². The SMILES string of the molecule is C=C(C)CN(C)c1ccc([C@H](C)N)cc1. The fraction of sp³-hybridized carbons (Fsp3) is 0.385. The quantitative estimate of drug-likeness (QED) is 0.764. The van der Waals surface area contributed by atoms with Gasteiger partial charge < -0.3 is 10.6 Å². The number of hydrogen-bond donors (Lipinski definition) is 1. The third-order valence-electron chi connectivity index (χ3n) is 2.37. The standard InChI is InChI=1S/C13H20N2/c1-10(2)9-15(4)13-7-5-12(6-8-13)11(3)14/h5-8,11H,1,9,14H2,2-4H3/t11-/m0/s1. The molecule has 2 nitrogen and oxygen atoms in total. The first-order valence-electron chi connectivity index (χ1n) is 5.21. The molecule has 0 aromatic heterocycles. The maximum atomic E-state index is 5.79. The van der Waals surface area contributed by atoms with Gasteiger partial charge in [-0.2, -0.15) is 0 Å². The van der Waals surface area contributed by atoms with Crippen LogP contribution in [0.2, 0.25) is 0 Å². The largest absolute Gasteiger partial charge is 0.371 e. The van der Waals surface area contributed by atoms with Gasteiger partial charge in [-0.1, -0.05) is 24.3 Å². The van der Waals surface area contributed by atoms with Gasteiger partial charge in [-0.05, 0) is 31.5 Å². The summed E-state index contributed by atoms with van der Waals surface area (Å²) in [7, 11) is 2.07. The van der Waals surface area contributed by atoms with Gasteiger partial charge in [-0.3, -0.25) is 0 Å². The van der Waals surface area contributed by atoms with Crippen molar-refractivity contribution in [2.45, 2.75) is 19.9 Å². The minimum atomic E-state index is 0.102. The van der Waals surface area contributed by atoms with E-state index in [1.54, 1.807) is 0 Å². The summed E-state index contributed by atoms with van der Waals surface area (Å²) in [5.41, 5.74) is 9.32. The lowest BCUT2D eigenvalue weighted by molar-refractivity contribution is 0.817. The van der Waals surface area contributed by atoms with Crippen molar-refractivity contribution in [2.75, 3.05) is 18.5 Å². The van der Waals surface area contributed by atoms with Crippen molar-refractivity contribution >= 4 is 5.69 Å². The van der Waals surface area contributed by atoms with Crippen LogP contribution in [0.3, 0.4) is 0 Å². The molecule has 82 valence electrons. The zero-order valence-electron chi connectivity index (χ0n) is 9.83. The third kappa shape index (κ3) is 3.40. The van der Waals surface area contributed by atoms with Crippen LogP contribution in [0.15, 0.2) is 36.4 Å². The molecule has 0 saturated heterocycles. The summed E-state index contributed by atoms with van der Waals surface area (Å²) >= 11 is 0. The molecule has 0 amide bonds. The number of nitrogens with zero attached hydrogens (tertiary/aromatic N) is 1. The van der Waals surface area contributed by atoms with Gasteiger partial charge in [0.2, 0.25) is 0 Å². The summed E-state index contributed by atoms with van der Waals surface area (Å²) in [6, 6.07) is 8.46. The van der Waals surface area contributed by atoms with E-state index in [1.165, 1.54) is 11.3 Å². The lowest BCUT2D eigenvalue weighted by atomic mass is 10.1. The Kier molecular flexibility index (Phi) is 3.92. The minimum absolute atomic E-state index is 0.102. The number of nitrogens with two attached hydrogens (primary N) is 1. The highest BCUT2D eigenvalue weighted by molar-refractivity contribution is 5.48. The van der Waals surface area contributed by atoms with Gasteiger partial charge in [0.1, 0.15) is 0 Å². The van der Waals surface area contributed by atoms with E-state index in [9.17, 15) is 0 Å². The average Bonchev–Trinajstić information content (AvgIpc) is 2.17. The topological polar surface area (TPSA) is 29.3 Å². The van der Waals surface area contributed by atoms with Crippen LogP contribution in [0.4, 0.5) is 5.69 Å². The highest BCUT2D eigenvalue weighted by Crippen LogP contribution is 2.17. The maximum absolute atomic E-state index is 5.79. The Morgan fingerprint density at radius 2 is 1.93 bits per heavy atom. The van der Waals surface area contributed by atoms with Crippen LogP contribution in [-0.4, -0.2) is 13.6 Å². The molecule has 1 aromatic rings. The molecular formula is C13H20N2. The molecule has 15 heavy (non-hydrogen) atoms. The second kappa shape index (κ2) is 4.99. The van der Waals surface area contributed by atoms with Crippen molar-refractivity contribution in [1.29, 1.82) is 0 Å². The Labute approximate surface area is 92.4 Å². The molecule has 0 aliphatic rings. The third-order valence-corrected chi connectivity index (χ3v) is 2.37. The number of hydrogen-bond acceptors (Lipinski definition) is 2. The molecule has 0 bridgehead atoms. The summed E-state index contributed by atoms with van der Waals surface area (Å²) < 4.78 is 0. The first-order chi connectivity index (χ1) is 7.00. The van der Waals surface area contributed by atoms with Gasteiger partial charge in [0.25, 0.3) is 0 Å². The fourth-order valence-corrected chi connectivity index (χ4v) is 1.53. The smallest absolute Gasteiger partial charge is 0.0380 e. The molecule has 0 saturated carbocycles. The Hall–Kier alpha value is -1.28. The van der Waals surface area contributed by atoms with E-state index in [0.717, 1.165) is 12.1 Å². The van der Waals surface area contributed by atoms with Gasteiger partial charge in [-0.15, -0.1) is 0 Å². The van der Waals surface area contributed by atoms with E-state index in [1.807, 2.05) is 13.8 Å². The zero-order valence-corrected chi connectivity index (χ0v) is 9.83. The molecule has 0 heterocycles. The Bertz CT molecular complexity index is 325. The summed E-state index contributed by atoms with van der Waals surface area (Å²) in [4.78, 5) is 2.17. The second-order valence-corrected chi connectivity index (χ2v) is 4.19. The van der Waals surface area contributed by atoms with Crippen LogP contribution in [0, 0.1) is 0 Å². The van der Waals surface area contributed by atoms with Crippen LogP contribution in [-0.2, 0) is 0 Å². The predicted molar refractivity (Wildman–Crippen MR) is 67.1 cm³/mol. The Balaban J connectivity index is 2.75. The molecule has 0 aliphatic carbocycles. The molecule has 1 aromatic carbocycles. The van der Waals surface area contributed by atoms with Gasteiger partial charge in [0, 0.05) is 25.3 Å². The van der Waals surface area contributed by atoms with Crippen LogP contribution < -0.4 is 10.6 Å². The first-order valence-corrected chi connectivity index (χ1v) is 5.21. The zero-order chi connectivity index (χ0) is 11.4. The number of likely N-dealkylation sites (N-methyl/N-ethyl adjacent to an activating group) is 1. The van der Waals surface area contributed by atoms with E-state index >= 15 is 0 Å². The van der Waals surface area contributed by atoms with E-state index in [-0.39, 0.29) is 6.04 Å². The second-order valence-electron chi connectivity index (χ2n) is 4.19. The number of benzene rings is 1. The van der Waals surface area contributed by atoms with E-state index in [0.29, 0.717) is 0 Å². The normalized spacial score (nSPS) is 12.3. The minimum Gasteiger partial charge on any atom is -0.371 e. The Morgan fingerprint density at radius 1 is 1.40 bits per heavy atom. The van der Waals surface area contributed by atoms with Gasteiger partial charge >= 0.3 is 0 Å². The number of rotatable bonds is 4. The molecule has 1 rings (SSSR count). The average molecular weight is 204 g/mol. The molecule has 0 radical (unpaired) electrons. The van der Waals surface area contributed by atoms with Crippen LogP contribution in [0.25, 0.3) is 0 Å². The van der Waals surface area contributed by atoms with Crippen LogP contribution in [0.1, 0.15) is 25.5 Å². The van der Waals surface area contributed by atoms with Gasteiger partial charge in [0.05, 0.1) is 0 Å². The first kappa shape index (κ1) is 11.8. The molecule has 0 spiro atoms. The number of anilines is 1. The summed E-state index contributed by atoms with van der Waals surface area (Å²) in [6.45, 7) is 8.82. The molecule has 0 fully saturated rings. The van der Waals surface area contributed by atoms with E-state index in [4.69, 9.17) is 5.73 Å². The maximum Gasteiger partial charge on any atom is 0.0380 e. The monoisotopic (exact) mass is 204 g/mol. The van der Waals surface area contributed by atoms with Crippen molar-refractivity contribution in [1.82, 2.24) is 0 Å².